The van der Waals surface area contributed by atoms with Crippen molar-refractivity contribution in [2.24, 2.45) is 0 Å². The normalized spacial score (nSPS) is 18.0. The van der Waals surface area contributed by atoms with E-state index in [1.807, 2.05) is 0 Å². The number of rotatable bonds is 4. The SMILES string of the molecule is Nc1nc(C(=O)N2CC(Oc3ccc4c(c3C(=O)O)O[B-](O)(O)CC4)C2)cs1. The van der Waals surface area contributed by atoms with E-state index in [1.165, 1.54) is 22.3 Å². The Hall–Kier alpha value is -2.83. The zero-order valence-corrected chi connectivity index (χ0v) is 15.4. The van der Waals surface area contributed by atoms with Crippen molar-refractivity contribution in [3.05, 3.63) is 34.3 Å². The van der Waals surface area contributed by atoms with Crippen LogP contribution in [-0.4, -0.2) is 62.9 Å². The number of aromatic carboxylic acids is 1. The van der Waals surface area contributed by atoms with Crippen LogP contribution in [0.4, 0.5) is 5.13 Å². The number of nitrogen functional groups attached to an aromatic ring is 1. The summed E-state index contributed by atoms with van der Waals surface area (Å²) in [5.41, 5.74) is 6.10. The smallest absolute Gasteiger partial charge is 0.430 e. The highest BCUT2D eigenvalue weighted by Crippen LogP contribution is 2.39. The molecule has 1 aromatic carbocycles. The highest BCUT2D eigenvalue weighted by Gasteiger charge is 2.37. The number of benzene rings is 1. The fraction of sp³-hybridized carbons (Fsp3) is 0.312. The molecular weight excluding hydrogens is 389 g/mol. The number of aromatic nitrogens is 1. The van der Waals surface area contributed by atoms with Crippen LogP contribution in [0, 0.1) is 0 Å². The Bertz CT molecular complexity index is 958. The number of nitrogens with two attached hydrogens (primary N) is 1. The van der Waals surface area contributed by atoms with E-state index in [0.717, 1.165) is 0 Å². The van der Waals surface area contributed by atoms with E-state index in [9.17, 15) is 24.7 Å². The first-order chi connectivity index (χ1) is 13.2. The molecule has 10 nitrogen and oxygen atoms in total. The number of nitrogens with zero attached hydrogens (tertiary/aromatic N) is 2. The second-order valence-electron chi connectivity index (χ2n) is 6.77. The maximum atomic E-state index is 12.3. The van der Waals surface area contributed by atoms with Gasteiger partial charge in [-0.05, 0) is 18.1 Å². The highest BCUT2D eigenvalue weighted by molar-refractivity contribution is 7.13. The Labute approximate surface area is 163 Å². The molecule has 1 fully saturated rings. The van der Waals surface area contributed by atoms with Crippen molar-refractivity contribution < 1.29 is 34.1 Å². The van der Waals surface area contributed by atoms with E-state index in [1.54, 1.807) is 11.4 Å². The summed E-state index contributed by atoms with van der Waals surface area (Å²) in [6.45, 7) is -2.57. The standard InChI is InChI=1S/C16H17BN3O7S/c18-16-19-10(7-28-16)14(21)20-5-9(6-20)26-11-2-1-8-3-4-17(24,25)27-13(8)12(11)15(22)23/h1-2,7,9,24-25H,3-6H2,(H2,18,19)(H,22,23)/q-1. The minimum absolute atomic E-state index is 0.00685. The summed E-state index contributed by atoms with van der Waals surface area (Å²) in [6, 6.07) is 3.16. The third-order valence-electron chi connectivity index (χ3n) is 4.68. The van der Waals surface area contributed by atoms with Crippen LogP contribution < -0.4 is 15.1 Å². The highest BCUT2D eigenvalue weighted by atomic mass is 32.1. The number of aryl methyl sites for hydroxylation is 1. The van der Waals surface area contributed by atoms with Crippen LogP contribution in [0.25, 0.3) is 0 Å². The molecular formula is C16H17BN3O7S-. The molecule has 4 rings (SSSR count). The molecule has 0 aliphatic carbocycles. The number of ether oxygens (including phenoxy) is 1. The minimum atomic E-state index is -3.10. The molecule has 1 amide bonds. The lowest BCUT2D eigenvalue weighted by atomic mass is 9.70. The van der Waals surface area contributed by atoms with Gasteiger partial charge in [-0.15, -0.1) is 11.3 Å². The maximum Gasteiger partial charge on any atom is 0.430 e. The molecule has 0 saturated carbocycles. The van der Waals surface area contributed by atoms with E-state index < -0.39 is 18.8 Å². The molecule has 148 valence electrons. The third-order valence-corrected chi connectivity index (χ3v) is 5.36. The van der Waals surface area contributed by atoms with E-state index in [0.29, 0.717) is 10.7 Å². The average molecular weight is 406 g/mol. The lowest BCUT2D eigenvalue weighted by molar-refractivity contribution is 0.0165. The molecule has 0 atom stereocenters. The summed E-state index contributed by atoms with van der Waals surface area (Å²) in [7, 11) is 0. The molecule has 5 N–H and O–H groups in total. The molecule has 0 spiro atoms. The molecule has 3 heterocycles. The van der Waals surface area contributed by atoms with Crippen LogP contribution in [0.3, 0.4) is 0 Å². The number of amides is 1. The van der Waals surface area contributed by atoms with Gasteiger partial charge < -0.3 is 35.2 Å². The van der Waals surface area contributed by atoms with Crippen LogP contribution in [0.15, 0.2) is 17.5 Å². The van der Waals surface area contributed by atoms with Crippen molar-refractivity contribution in [1.82, 2.24) is 9.88 Å². The molecule has 1 aromatic heterocycles. The average Bonchev–Trinajstić information content (AvgIpc) is 3.02. The summed E-state index contributed by atoms with van der Waals surface area (Å²) in [4.78, 5) is 29.5. The Morgan fingerprint density at radius 1 is 1.36 bits per heavy atom. The van der Waals surface area contributed by atoms with Gasteiger partial charge >= 0.3 is 12.7 Å². The summed E-state index contributed by atoms with van der Waals surface area (Å²) in [5.74, 6) is -1.61. The van der Waals surface area contributed by atoms with Gasteiger partial charge in [-0.25, -0.2) is 9.78 Å². The summed E-state index contributed by atoms with van der Waals surface area (Å²) in [6.07, 6.45) is -0.128. The van der Waals surface area contributed by atoms with E-state index in [4.69, 9.17) is 15.1 Å². The molecule has 2 aromatic rings. The second-order valence-corrected chi connectivity index (χ2v) is 7.66. The third kappa shape index (κ3) is 3.37. The van der Waals surface area contributed by atoms with Crippen molar-refractivity contribution in [2.75, 3.05) is 18.8 Å². The zero-order chi connectivity index (χ0) is 20.1. The first-order valence-corrected chi connectivity index (χ1v) is 9.47. The molecule has 2 aliphatic heterocycles. The van der Waals surface area contributed by atoms with Gasteiger partial charge in [0.15, 0.2) is 5.13 Å². The van der Waals surface area contributed by atoms with Crippen molar-refractivity contribution in [2.45, 2.75) is 18.8 Å². The lowest BCUT2D eigenvalue weighted by Gasteiger charge is -2.40. The van der Waals surface area contributed by atoms with Gasteiger partial charge in [0.2, 0.25) is 0 Å². The number of carboxylic acid groups (broad SMARTS) is 1. The first-order valence-electron chi connectivity index (χ1n) is 8.59. The fourth-order valence-electron chi connectivity index (χ4n) is 3.24. The predicted molar refractivity (Wildman–Crippen MR) is 99.6 cm³/mol. The molecule has 0 unspecified atom stereocenters. The van der Waals surface area contributed by atoms with E-state index in [-0.39, 0.29) is 54.5 Å². The quantitative estimate of drug-likeness (QED) is 0.521. The number of carboxylic acids is 1. The monoisotopic (exact) mass is 406 g/mol. The van der Waals surface area contributed by atoms with E-state index in [2.05, 4.69) is 4.98 Å². The second kappa shape index (κ2) is 6.65. The fourth-order valence-corrected chi connectivity index (χ4v) is 3.77. The number of thiazole rings is 1. The predicted octanol–water partition coefficient (Wildman–Crippen LogP) is 0.185. The Morgan fingerprint density at radius 3 is 2.75 bits per heavy atom. The number of likely N-dealkylation sites (tertiary alicyclic amines) is 1. The molecule has 2 aliphatic rings. The van der Waals surface area contributed by atoms with Crippen LogP contribution in [-0.2, 0) is 6.42 Å². The Balaban J connectivity index is 1.49. The molecule has 12 heteroatoms. The van der Waals surface area contributed by atoms with Crippen LogP contribution in [0.2, 0.25) is 6.32 Å². The topological polar surface area (TPSA) is 155 Å². The largest absolute Gasteiger partial charge is 0.669 e. The van der Waals surface area contributed by atoms with Crippen LogP contribution >= 0.6 is 11.3 Å². The summed E-state index contributed by atoms with van der Waals surface area (Å²) < 4.78 is 10.9. The zero-order valence-electron chi connectivity index (χ0n) is 14.6. The first kappa shape index (κ1) is 18.5. The Morgan fingerprint density at radius 2 is 2.11 bits per heavy atom. The number of carbonyl (C=O) groups is 2. The molecule has 0 radical (unpaired) electrons. The molecule has 0 bridgehead atoms. The van der Waals surface area contributed by atoms with Gasteiger partial charge in [0.05, 0.1) is 18.8 Å². The number of hydrogen-bond donors (Lipinski definition) is 4. The van der Waals surface area contributed by atoms with Crippen LogP contribution in [0.5, 0.6) is 11.5 Å². The molecule has 1 saturated heterocycles. The van der Waals surface area contributed by atoms with Crippen molar-refractivity contribution >= 4 is 35.1 Å². The van der Waals surface area contributed by atoms with Crippen LogP contribution in [0.1, 0.15) is 26.4 Å². The minimum Gasteiger partial charge on any atom is -0.669 e. The van der Waals surface area contributed by atoms with Gasteiger partial charge in [-0.3, -0.25) is 4.79 Å². The number of hydrogen-bond acceptors (Lipinski definition) is 9. The molecule has 28 heavy (non-hydrogen) atoms. The van der Waals surface area contributed by atoms with Crippen molar-refractivity contribution in [3.8, 4) is 11.5 Å². The summed E-state index contributed by atoms with van der Waals surface area (Å²) >= 11 is 1.18. The number of carbonyl (C=O) groups excluding carboxylic acids is 1. The van der Waals surface area contributed by atoms with Gasteiger partial charge in [0.25, 0.3) is 5.91 Å². The lowest BCUT2D eigenvalue weighted by Crippen LogP contribution is -2.56. The number of anilines is 1. The van der Waals surface area contributed by atoms with Crippen molar-refractivity contribution in [3.63, 3.8) is 0 Å². The Kier molecular flexibility index (Phi) is 4.40. The van der Waals surface area contributed by atoms with Gasteiger partial charge in [-0.1, -0.05) is 12.4 Å². The maximum absolute atomic E-state index is 12.3. The van der Waals surface area contributed by atoms with Gasteiger partial charge in [-0.2, -0.15) is 0 Å². The van der Waals surface area contributed by atoms with Gasteiger partial charge in [0, 0.05) is 5.38 Å². The van der Waals surface area contributed by atoms with E-state index >= 15 is 0 Å². The number of fused-ring (bicyclic) bond motifs is 1. The van der Waals surface area contributed by atoms with Gasteiger partial charge in [0.1, 0.15) is 23.1 Å². The summed E-state index contributed by atoms with van der Waals surface area (Å²) in [5, 5.41) is 31.0. The van der Waals surface area contributed by atoms with Crippen molar-refractivity contribution in [1.29, 1.82) is 0 Å².